The van der Waals surface area contributed by atoms with Crippen LogP contribution in [-0.4, -0.2) is 72.4 Å². The van der Waals surface area contributed by atoms with Crippen LogP contribution < -0.4 is 4.74 Å². The van der Waals surface area contributed by atoms with Gasteiger partial charge in [0.05, 0.1) is 6.04 Å². The lowest BCUT2D eigenvalue weighted by Crippen LogP contribution is -2.49. The summed E-state index contributed by atoms with van der Waals surface area (Å²) in [5, 5.41) is 0. The van der Waals surface area contributed by atoms with Crippen molar-refractivity contribution >= 4 is 11.8 Å². The number of aryl methyl sites for hydroxylation is 1. The average Bonchev–Trinajstić information content (AvgIpc) is 2.96. The molecule has 2 amide bonds. The van der Waals surface area contributed by atoms with Crippen molar-refractivity contribution in [2.75, 3.05) is 45.9 Å². The van der Waals surface area contributed by atoms with Gasteiger partial charge >= 0.3 is 0 Å². The van der Waals surface area contributed by atoms with Crippen molar-refractivity contribution in [3.63, 3.8) is 0 Å². The fourth-order valence-corrected chi connectivity index (χ4v) is 5.45. The summed E-state index contributed by atoms with van der Waals surface area (Å²) >= 11 is 0. The Labute approximate surface area is 225 Å². The summed E-state index contributed by atoms with van der Waals surface area (Å²) in [5.74, 6) is 0.658. The van der Waals surface area contributed by atoms with Gasteiger partial charge in [-0.05, 0) is 54.3 Å². The minimum atomic E-state index is -0.233. The lowest BCUT2D eigenvalue weighted by molar-refractivity contribution is -0.135. The zero-order valence-corrected chi connectivity index (χ0v) is 22.0. The molecule has 1 atom stereocenters. The Hall–Kier alpha value is -3.90. The Morgan fingerprint density at radius 3 is 2.47 bits per heavy atom. The Balaban J connectivity index is 1.37. The molecule has 1 saturated heterocycles. The van der Waals surface area contributed by atoms with Gasteiger partial charge in [0.15, 0.2) is 6.61 Å². The first-order valence-corrected chi connectivity index (χ1v) is 13.3. The van der Waals surface area contributed by atoms with E-state index in [0.717, 1.165) is 42.7 Å². The van der Waals surface area contributed by atoms with Crippen LogP contribution in [0.1, 0.15) is 38.7 Å². The molecule has 0 spiro atoms. The third-order valence-electron chi connectivity index (χ3n) is 7.46. The van der Waals surface area contributed by atoms with Crippen LogP contribution in [0, 0.1) is 6.92 Å². The van der Waals surface area contributed by atoms with E-state index in [-0.39, 0.29) is 24.5 Å². The lowest BCUT2D eigenvalue weighted by atomic mass is 9.87. The number of carbonyl (C=O) groups excluding carboxylic acids is 2. The van der Waals surface area contributed by atoms with E-state index in [2.05, 4.69) is 42.7 Å². The first-order chi connectivity index (χ1) is 18.5. The van der Waals surface area contributed by atoms with Crippen molar-refractivity contribution in [2.24, 2.45) is 0 Å². The molecule has 0 aliphatic carbocycles. The van der Waals surface area contributed by atoms with E-state index in [1.54, 1.807) is 0 Å². The highest BCUT2D eigenvalue weighted by atomic mass is 16.5. The van der Waals surface area contributed by atoms with Crippen LogP contribution in [-0.2, 0) is 11.2 Å². The molecule has 2 heterocycles. The van der Waals surface area contributed by atoms with Gasteiger partial charge in [0.25, 0.3) is 11.8 Å². The zero-order chi connectivity index (χ0) is 26.5. The number of nitrogens with zero attached hydrogens (tertiary/aromatic N) is 3. The van der Waals surface area contributed by atoms with Gasteiger partial charge in [0.2, 0.25) is 0 Å². The molecule has 6 heteroatoms. The molecule has 0 radical (unpaired) electrons. The maximum absolute atomic E-state index is 13.7. The summed E-state index contributed by atoms with van der Waals surface area (Å²) in [6.07, 6.45) is 2.67. The third-order valence-corrected chi connectivity index (χ3v) is 7.46. The van der Waals surface area contributed by atoms with Crippen molar-refractivity contribution in [3.8, 4) is 5.75 Å². The first-order valence-electron chi connectivity index (χ1n) is 13.3. The number of fused-ring (bicyclic) bond motifs is 1. The largest absolute Gasteiger partial charge is 0.484 e. The predicted molar refractivity (Wildman–Crippen MR) is 149 cm³/mol. The van der Waals surface area contributed by atoms with E-state index in [9.17, 15) is 9.59 Å². The van der Waals surface area contributed by atoms with E-state index >= 15 is 0 Å². The van der Waals surface area contributed by atoms with Gasteiger partial charge in [-0.3, -0.25) is 14.5 Å². The highest BCUT2D eigenvalue weighted by Gasteiger charge is 2.33. The molecule has 0 aromatic heterocycles. The molecular weight excluding hydrogens is 474 g/mol. The van der Waals surface area contributed by atoms with Crippen LogP contribution in [0.2, 0.25) is 0 Å². The number of ether oxygens (including phenoxy) is 1. The summed E-state index contributed by atoms with van der Waals surface area (Å²) in [6, 6.07) is 23.6. The number of hydrogen-bond donors (Lipinski definition) is 0. The molecule has 3 aromatic rings. The summed E-state index contributed by atoms with van der Waals surface area (Å²) in [4.78, 5) is 32.6. The molecule has 3 aromatic carbocycles. The monoisotopic (exact) mass is 509 g/mol. The van der Waals surface area contributed by atoms with Crippen LogP contribution in [0.3, 0.4) is 0 Å². The molecule has 2 aliphatic heterocycles. The highest BCUT2D eigenvalue weighted by molar-refractivity contribution is 5.95. The molecule has 0 saturated carbocycles. The lowest BCUT2D eigenvalue weighted by Gasteiger charge is -2.38. The summed E-state index contributed by atoms with van der Waals surface area (Å²) in [5.41, 5.74) is 5.15. The molecule has 6 nitrogen and oxygen atoms in total. The number of benzene rings is 3. The highest BCUT2D eigenvalue weighted by Crippen LogP contribution is 2.38. The SMILES string of the molecule is C=CCN1CCN(C(=O)COc2ccc3c(c2)[C@H](c2cccc(C)c2)N(C(=O)c2ccccc2)CC3)CC1. The van der Waals surface area contributed by atoms with Gasteiger partial charge in [-0.1, -0.05) is 60.2 Å². The van der Waals surface area contributed by atoms with Crippen LogP contribution in [0.5, 0.6) is 5.75 Å². The van der Waals surface area contributed by atoms with E-state index in [0.29, 0.717) is 30.9 Å². The van der Waals surface area contributed by atoms with Gasteiger partial charge in [0.1, 0.15) is 5.75 Å². The van der Waals surface area contributed by atoms with E-state index in [1.165, 1.54) is 5.56 Å². The average molecular weight is 510 g/mol. The Bertz CT molecular complexity index is 1300. The van der Waals surface area contributed by atoms with Gasteiger partial charge in [-0.15, -0.1) is 6.58 Å². The van der Waals surface area contributed by atoms with Crippen LogP contribution in [0.25, 0.3) is 0 Å². The molecule has 2 aliphatic rings. The molecule has 0 N–H and O–H groups in total. The predicted octanol–water partition coefficient (Wildman–Crippen LogP) is 4.49. The quantitative estimate of drug-likeness (QED) is 0.441. The van der Waals surface area contributed by atoms with E-state index < -0.39 is 0 Å². The minimum Gasteiger partial charge on any atom is -0.484 e. The van der Waals surface area contributed by atoms with Crippen LogP contribution >= 0.6 is 0 Å². The maximum atomic E-state index is 13.7. The fourth-order valence-electron chi connectivity index (χ4n) is 5.45. The van der Waals surface area contributed by atoms with Crippen LogP contribution in [0.15, 0.2) is 85.5 Å². The molecule has 1 fully saturated rings. The van der Waals surface area contributed by atoms with Crippen molar-refractivity contribution in [1.82, 2.24) is 14.7 Å². The third kappa shape index (κ3) is 5.65. The molecule has 38 heavy (non-hydrogen) atoms. The number of carbonyl (C=O) groups is 2. The van der Waals surface area contributed by atoms with Gasteiger partial charge in [-0.25, -0.2) is 0 Å². The van der Waals surface area contributed by atoms with E-state index in [1.807, 2.05) is 64.4 Å². The second-order valence-electron chi connectivity index (χ2n) is 10.1. The normalized spacial score (nSPS) is 17.6. The van der Waals surface area contributed by atoms with E-state index in [4.69, 9.17) is 4.74 Å². The van der Waals surface area contributed by atoms with Gasteiger partial charge in [-0.2, -0.15) is 0 Å². The smallest absolute Gasteiger partial charge is 0.260 e. The summed E-state index contributed by atoms with van der Waals surface area (Å²) in [7, 11) is 0. The van der Waals surface area contributed by atoms with Gasteiger partial charge in [0, 0.05) is 44.8 Å². The number of amides is 2. The Morgan fingerprint density at radius 2 is 1.74 bits per heavy atom. The van der Waals surface area contributed by atoms with Crippen molar-refractivity contribution in [2.45, 2.75) is 19.4 Å². The van der Waals surface area contributed by atoms with Crippen LogP contribution in [0.4, 0.5) is 0 Å². The second kappa shape index (κ2) is 11.7. The van der Waals surface area contributed by atoms with Gasteiger partial charge < -0.3 is 14.5 Å². The van der Waals surface area contributed by atoms with Crippen molar-refractivity contribution in [1.29, 1.82) is 0 Å². The number of piperazine rings is 1. The number of hydrogen-bond acceptors (Lipinski definition) is 4. The van der Waals surface area contributed by atoms with Crippen molar-refractivity contribution in [3.05, 3.63) is 113 Å². The molecule has 196 valence electrons. The molecule has 0 unspecified atom stereocenters. The standard InChI is InChI=1S/C32H35N3O3/c1-3-15-33-17-19-34(20-18-33)30(36)23-38-28-13-12-25-14-16-35(32(37)26-9-5-4-6-10-26)31(29(25)22-28)27-11-7-8-24(2)21-27/h3-13,21-22,31H,1,14-20,23H2,2H3/t31-/m0/s1. The topological polar surface area (TPSA) is 53.1 Å². The molecule has 5 rings (SSSR count). The fraction of sp³-hybridized carbons (Fsp3) is 0.312. The summed E-state index contributed by atoms with van der Waals surface area (Å²) < 4.78 is 6.03. The zero-order valence-electron chi connectivity index (χ0n) is 22.0. The maximum Gasteiger partial charge on any atom is 0.260 e. The molecular formula is C32H35N3O3. The van der Waals surface area contributed by atoms with Crippen molar-refractivity contribution < 1.29 is 14.3 Å². The second-order valence-corrected chi connectivity index (χ2v) is 10.1. The first kappa shape index (κ1) is 25.7. The Morgan fingerprint density at radius 1 is 0.947 bits per heavy atom. The number of rotatable bonds is 7. The summed E-state index contributed by atoms with van der Waals surface area (Å²) in [6.45, 7) is 10.4. The molecule has 0 bridgehead atoms. The Kier molecular flexibility index (Phi) is 7.89. The minimum absolute atomic E-state index is 0.00200.